The summed E-state index contributed by atoms with van der Waals surface area (Å²) >= 11 is 0. The third-order valence-electron chi connectivity index (χ3n) is 5.36. The molecule has 0 N–H and O–H groups in total. The monoisotopic (exact) mass is 372 g/mol. The van der Waals surface area contributed by atoms with Crippen LogP contribution >= 0.6 is 0 Å². The zero-order chi connectivity index (χ0) is 19.2. The maximum Gasteiger partial charge on any atom is 0.168 e. The summed E-state index contributed by atoms with van der Waals surface area (Å²) in [6, 6.07) is 29.5. The Morgan fingerprint density at radius 3 is 2.21 bits per heavy atom. The fourth-order valence-electron chi connectivity index (χ4n) is 4.06. The first-order chi connectivity index (χ1) is 14.4. The Labute approximate surface area is 167 Å². The van der Waals surface area contributed by atoms with E-state index in [-0.39, 0.29) is 0 Å². The predicted molar refractivity (Wildman–Crippen MR) is 117 cm³/mol. The van der Waals surface area contributed by atoms with E-state index in [1.807, 2.05) is 0 Å². The second kappa shape index (κ2) is 6.24. The molecule has 0 unspecified atom stereocenters. The van der Waals surface area contributed by atoms with Crippen molar-refractivity contribution < 1.29 is 0 Å². The van der Waals surface area contributed by atoms with Gasteiger partial charge in [-0.2, -0.15) is 0 Å². The Balaban J connectivity index is 1.77. The molecule has 0 saturated heterocycles. The molecule has 0 amide bonds. The van der Waals surface area contributed by atoms with Crippen LogP contribution in [0.25, 0.3) is 49.8 Å². The molecule has 0 bridgehead atoms. The largest absolute Gasteiger partial charge is 0.276 e. The van der Waals surface area contributed by atoms with Crippen LogP contribution in [-0.2, 0) is 0 Å². The highest BCUT2D eigenvalue weighted by Crippen LogP contribution is 2.34. The SMILES string of the molecule is c1ccc2c(-c3nc4cncnc4n3-c3cccc4ccccc34)cccc2c1. The van der Waals surface area contributed by atoms with Gasteiger partial charge in [0.2, 0.25) is 0 Å². The van der Waals surface area contributed by atoms with Crippen molar-refractivity contribution >= 4 is 32.7 Å². The summed E-state index contributed by atoms with van der Waals surface area (Å²) in [5, 5.41) is 4.70. The van der Waals surface area contributed by atoms with E-state index >= 15 is 0 Å². The molecule has 0 fully saturated rings. The molecule has 0 saturated carbocycles. The summed E-state index contributed by atoms with van der Waals surface area (Å²) in [5.74, 6) is 0.869. The minimum atomic E-state index is 0.781. The van der Waals surface area contributed by atoms with E-state index in [0.717, 1.165) is 33.6 Å². The van der Waals surface area contributed by atoms with Crippen LogP contribution in [-0.4, -0.2) is 19.5 Å². The molecule has 29 heavy (non-hydrogen) atoms. The normalized spacial score (nSPS) is 11.4. The van der Waals surface area contributed by atoms with E-state index in [1.54, 1.807) is 12.5 Å². The van der Waals surface area contributed by atoms with Gasteiger partial charge in [-0.25, -0.2) is 15.0 Å². The average Bonchev–Trinajstić information content (AvgIpc) is 3.17. The summed E-state index contributed by atoms with van der Waals surface area (Å²) < 4.78 is 2.15. The Kier molecular flexibility index (Phi) is 3.43. The molecule has 6 aromatic rings. The van der Waals surface area contributed by atoms with E-state index in [0.29, 0.717) is 0 Å². The van der Waals surface area contributed by atoms with Gasteiger partial charge in [0, 0.05) is 10.9 Å². The van der Waals surface area contributed by atoms with Crippen LogP contribution in [0.3, 0.4) is 0 Å². The van der Waals surface area contributed by atoms with Crippen molar-refractivity contribution in [2.45, 2.75) is 0 Å². The van der Waals surface area contributed by atoms with Crippen LogP contribution in [0.5, 0.6) is 0 Å². The molecule has 0 aliphatic carbocycles. The molecule has 4 nitrogen and oxygen atoms in total. The number of rotatable bonds is 2. The fraction of sp³-hybridized carbons (Fsp3) is 0. The third-order valence-corrected chi connectivity index (χ3v) is 5.36. The molecular formula is C25H16N4. The molecule has 4 heteroatoms. The first kappa shape index (κ1) is 16.0. The number of imidazole rings is 1. The zero-order valence-corrected chi connectivity index (χ0v) is 15.5. The van der Waals surface area contributed by atoms with E-state index in [4.69, 9.17) is 4.98 Å². The number of aromatic nitrogens is 4. The summed E-state index contributed by atoms with van der Waals surface area (Å²) in [6.45, 7) is 0. The molecule has 136 valence electrons. The van der Waals surface area contributed by atoms with Gasteiger partial charge in [0.1, 0.15) is 17.7 Å². The van der Waals surface area contributed by atoms with Crippen molar-refractivity contribution in [3.63, 3.8) is 0 Å². The van der Waals surface area contributed by atoms with Crippen molar-refractivity contribution in [3.05, 3.63) is 97.5 Å². The molecule has 2 aromatic heterocycles. The molecule has 0 aliphatic heterocycles. The van der Waals surface area contributed by atoms with E-state index < -0.39 is 0 Å². The van der Waals surface area contributed by atoms with Gasteiger partial charge in [-0.1, -0.05) is 78.9 Å². The molecule has 4 aromatic carbocycles. The lowest BCUT2D eigenvalue weighted by molar-refractivity contribution is 1.08. The number of hydrogen-bond donors (Lipinski definition) is 0. The molecule has 0 spiro atoms. The number of hydrogen-bond acceptors (Lipinski definition) is 3. The van der Waals surface area contributed by atoms with Crippen molar-refractivity contribution in [2.75, 3.05) is 0 Å². The van der Waals surface area contributed by atoms with Crippen molar-refractivity contribution in [3.8, 4) is 17.1 Å². The van der Waals surface area contributed by atoms with Gasteiger partial charge in [-0.3, -0.25) is 4.57 Å². The molecule has 2 heterocycles. The predicted octanol–water partition coefficient (Wildman–Crippen LogP) is 5.79. The topological polar surface area (TPSA) is 43.6 Å². The lowest BCUT2D eigenvalue weighted by atomic mass is 10.0. The Bertz CT molecular complexity index is 1500. The minimum Gasteiger partial charge on any atom is -0.276 e. The number of benzene rings is 4. The van der Waals surface area contributed by atoms with Crippen LogP contribution in [0.2, 0.25) is 0 Å². The van der Waals surface area contributed by atoms with Crippen molar-refractivity contribution in [2.24, 2.45) is 0 Å². The smallest absolute Gasteiger partial charge is 0.168 e. The minimum absolute atomic E-state index is 0.781. The number of nitrogens with zero attached hydrogens (tertiary/aromatic N) is 4. The van der Waals surface area contributed by atoms with Gasteiger partial charge >= 0.3 is 0 Å². The first-order valence-electron chi connectivity index (χ1n) is 9.55. The highest BCUT2D eigenvalue weighted by atomic mass is 15.1. The average molecular weight is 372 g/mol. The Morgan fingerprint density at radius 1 is 0.655 bits per heavy atom. The van der Waals surface area contributed by atoms with Crippen molar-refractivity contribution in [1.82, 2.24) is 19.5 Å². The molecule has 0 radical (unpaired) electrons. The first-order valence-corrected chi connectivity index (χ1v) is 9.55. The van der Waals surface area contributed by atoms with E-state index in [1.165, 1.54) is 16.2 Å². The highest BCUT2D eigenvalue weighted by molar-refractivity contribution is 5.99. The Hall–Kier alpha value is -4.05. The van der Waals surface area contributed by atoms with Gasteiger partial charge < -0.3 is 0 Å². The van der Waals surface area contributed by atoms with Gasteiger partial charge in [-0.05, 0) is 22.2 Å². The van der Waals surface area contributed by atoms with Gasteiger partial charge in [0.15, 0.2) is 5.65 Å². The Morgan fingerprint density at radius 2 is 1.34 bits per heavy atom. The molecular weight excluding hydrogens is 356 g/mol. The van der Waals surface area contributed by atoms with Crippen LogP contribution < -0.4 is 0 Å². The lowest BCUT2D eigenvalue weighted by Gasteiger charge is -2.13. The molecule has 6 rings (SSSR count). The second-order valence-corrected chi connectivity index (χ2v) is 7.03. The van der Waals surface area contributed by atoms with E-state index in [2.05, 4.69) is 99.5 Å². The highest BCUT2D eigenvalue weighted by Gasteiger charge is 2.18. The second-order valence-electron chi connectivity index (χ2n) is 7.03. The van der Waals surface area contributed by atoms with Crippen LogP contribution in [0.4, 0.5) is 0 Å². The quantitative estimate of drug-likeness (QED) is 0.386. The summed E-state index contributed by atoms with van der Waals surface area (Å²) in [7, 11) is 0. The standard InChI is InChI=1S/C25H16N4/c1-3-11-19-17(7-1)9-5-13-21(19)24-28-22-15-26-16-27-25(22)29(24)23-14-6-10-18-8-2-4-12-20(18)23/h1-16H. The molecule has 0 aliphatic rings. The fourth-order valence-corrected chi connectivity index (χ4v) is 4.06. The summed E-state index contributed by atoms with van der Waals surface area (Å²) in [6.07, 6.45) is 3.36. The van der Waals surface area contributed by atoms with Crippen LogP contribution in [0.1, 0.15) is 0 Å². The number of fused-ring (bicyclic) bond motifs is 3. The van der Waals surface area contributed by atoms with Gasteiger partial charge in [0.25, 0.3) is 0 Å². The van der Waals surface area contributed by atoms with Gasteiger partial charge in [-0.15, -0.1) is 0 Å². The van der Waals surface area contributed by atoms with Crippen LogP contribution in [0.15, 0.2) is 97.5 Å². The zero-order valence-electron chi connectivity index (χ0n) is 15.5. The van der Waals surface area contributed by atoms with Crippen molar-refractivity contribution in [1.29, 1.82) is 0 Å². The lowest BCUT2D eigenvalue weighted by Crippen LogP contribution is -2.00. The van der Waals surface area contributed by atoms with Gasteiger partial charge in [0.05, 0.1) is 11.9 Å². The third kappa shape index (κ3) is 2.43. The summed E-state index contributed by atoms with van der Waals surface area (Å²) in [4.78, 5) is 13.7. The maximum absolute atomic E-state index is 4.95. The van der Waals surface area contributed by atoms with E-state index in [9.17, 15) is 0 Å². The molecule has 0 atom stereocenters. The maximum atomic E-state index is 4.95. The van der Waals surface area contributed by atoms with Crippen LogP contribution in [0, 0.1) is 0 Å². The summed E-state index contributed by atoms with van der Waals surface area (Å²) in [5.41, 5.74) is 3.73.